The lowest BCUT2D eigenvalue weighted by atomic mass is 10.1. The molecule has 0 heterocycles. The SMILES string of the molecule is CNC(=O)[C@H](C)N(Cc1ccc(OC)cc1)C(=O)CCCN(c1ccccc1)S(C)(=O)=O. The molecule has 1 atom stereocenters. The molecule has 1 N–H and O–H groups in total. The summed E-state index contributed by atoms with van der Waals surface area (Å²) in [4.78, 5) is 26.8. The van der Waals surface area contributed by atoms with Gasteiger partial charge in [0.1, 0.15) is 11.8 Å². The molecule has 0 bridgehead atoms. The van der Waals surface area contributed by atoms with Gasteiger partial charge in [0.2, 0.25) is 21.8 Å². The number of nitrogens with one attached hydrogen (secondary N) is 1. The molecule has 2 rings (SSSR count). The number of anilines is 1. The van der Waals surface area contributed by atoms with Gasteiger partial charge in [0.25, 0.3) is 0 Å². The number of carbonyl (C=O) groups is 2. The molecule has 9 heteroatoms. The van der Waals surface area contributed by atoms with Crippen LogP contribution < -0.4 is 14.4 Å². The fourth-order valence-electron chi connectivity index (χ4n) is 3.32. The molecule has 0 aromatic heterocycles. The zero-order chi connectivity index (χ0) is 23.7. The van der Waals surface area contributed by atoms with Crippen molar-refractivity contribution in [3.63, 3.8) is 0 Å². The number of methoxy groups -OCH3 is 1. The lowest BCUT2D eigenvalue weighted by molar-refractivity contribution is -0.140. The van der Waals surface area contributed by atoms with Gasteiger partial charge in [0, 0.05) is 26.6 Å². The summed E-state index contributed by atoms with van der Waals surface area (Å²) in [6.45, 7) is 2.10. The van der Waals surface area contributed by atoms with E-state index in [4.69, 9.17) is 4.74 Å². The third-order valence-electron chi connectivity index (χ3n) is 5.12. The first kappa shape index (κ1) is 25.2. The molecule has 174 valence electrons. The number of ether oxygens (including phenoxy) is 1. The molecule has 0 radical (unpaired) electrons. The smallest absolute Gasteiger partial charge is 0.242 e. The molecule has 2 aromatic carbocycles. The Morgan fingerprint density at radius 3 is 2.22 bits per heavy atom. The summed E-state index contributed by atoms with van der Waals surface area (Å²) >= 11 is 0. The predicted octanol–water partition coefficient (Wildman–Crippen LogP) is 2.40. The number of likely N-dealkylation sites (N-methyl/N-ethyl adjacent to an activating group) is 1. The van der Waals surface area contributed by atoms with Gasteiger partial charge in [-0.25, -0.2) is 8.42 Å². The largest absolute Gasteiger partial charge is 0.497 e. The number of rotatable bonds is 11. The van der Waals surface area contributed by atoms with Crippen LogP contribution in [0.25, 0.3) is 0 Å². The monoisotopic (exact) mass is 461 g/mol. The van der Waals surface area contributed by atoms with E-state index >= 15 is 0 Å². The van der Waals surface area contributed by atoms with Crippen molar-refractivity contribution in [1.82, 2.24) is 10.2 Å². The van der Waals surface area contributed by atoms with Crippen LogP contribution in [0.15, 0.2) is 54.6 Å². The van der Waals surface area contributed by atoms with Gasteiger partial charge in [-0.15, -0.1) is 0 Å². The highest BCUT2D eigenvalue weighted by molar-refractivity contribution is 7.92. The maximum atomic E-state index is 13.1. The highest BCUT2D eigenvalue weighted by Gasteiger charge is 2.26. The van der Waals surface area contributed by atoms with E-state index in [2.05, 4.69) is 5.32 Å². The molecular formula is C23H31N3O5S. The Balaban J connectivity index is 2.11. The van der Waals surface area contributed by atoms with E-state index in [0.29, 0.717) is 17.9 Å². The normalized spacial score (nSPS) is 12.0. The lowest BCUT2D eigenvalue weighted by Gasteiger charge is -2.29. The summed E-state index contributed by atoms with van der Waals surface area (Å²) in [6, 6.07) is 15.4. The Labute approximate surface area is 190 Å². The first-order valence-electron chi connectivity index (χ1n) is 10.3. The fourth-order valence-corrected chi connectivity index (χ4v) is 4.28. The van der Waals surface area contributed by atoms with Crippen LogP contribution in [0.3, 0.4) is 0 Å². The van der Waals surface area contributed by atoms with Crippen LogP contribution >= 0.6 is 0 Å². The van der Waals surface area contributed by atoms with E-state index < -0.39 is 16.1 Å². The molecule has 0 aliphatic rings. The second-order valence-corrected chi connectivity index (χ2v) is 9.34. The van der Waals surface area contributed by atoms with E-state index in [0.717, 1.165) is 11.8 Å². The number of hydrogen-bond donors (Lipinski definition) is 1. The average molecular weight is 462 g/mol. The summed E-state index contributed by atoms with van der Waals surface area (Å²) in [7, 11) is -0.389. The van der Waals surface area contributed by atoms with E-state index in [-0.39, 0.29) is 31.3 Å². The second-order valence-electron chi connectivity index (χ2n) is 7.43. The molecule has 2 amide bonds. The van der Waals surface area contributed by atoms with Gasteiger partial charge in [-0.2, -0.15) is 0 Å². The van der Waals surface area contributed by atoms with Gasteiger partial charge in [0.05, 0.1) is 19.1 Å². The summed E-state index contributed by atoms with van der Waals surface area (Å²) in [6.07, 6.45) is 1.57. The Bertz CT molecular complexity index is 994. The van der Waals surface area contributed by atoms with Crippen molar-refractivity contribution in [2.24, 2.45) is 0 Å². The third-order valence-corrected chi connectivity index (χ3v) is 6.32. The lowest BCUT2D eigenvalue weighted by Crippen LogP contribution is -2.46. The van der Waals surface area contributed by atoms with E-state index in [1.165, 1.54) is 16.3 Å². The van der Waals surface area contributed by atoms with Crippen LogP contribution in [-0.4, -0.2) is 58.1 Å². The predicted molar refractivity (Wildman–Crippen MR) is 125 cm³/mol. The quantitative estimate of drug-likeness (QED) is 0.554. The van der Waals surface area contributed by atoms with Crippen molar-refractivity contribution in [2.75, 3.05) is 31.3 Å². The minimum Gasteiger partial charge on any atom is -0.497 e. The van der Waals surface area contributed by atoms with Crippen molar-refractivity contribution in [1.29, 1.82) is 0 Å². The number of sulfonamides is 1. The minimum atomic E-state index is -3.49. The summed E-state index contributed by atoms with van der Waals surface area (Å²) < 4.78 is 30.9. The number of carbonyl (C=O) groups excluding carboxylic acids is 2. The average Bonchev–Trinajstić information content (AvgIpc) is 2.79. The van der Waals surface area contributed by atoms with Crippen LogP contribution in [0.1, 0.15) is 25.3 Å². The second kappa shape index (κ2) is 11.5. The summed E-state index contributed by atoms with van der Waals surface area (Å²) in [5.74, 6) is 0.208. The molecule has 0 saturated carbocycles. The molecule has 0 aliphatic carbocycles. The van der Waals surface area contributed by atoms with Gasteiger partial charge in [-0.3, -0.25) is 13.9 Å². The minimum absolute atomic E-state index is 0.107. The number of amides is 2. The van der Waals surface area contributed by atoms with Crippen LogP contribution in [0.4, 0.5) is 5.69 Å². The first-order chi connectivity index (χ1) is 15.2. The molecule has 0 unspecified atom stereocenters. The number of nitrogens with zero attached hydrogens (tertiary/aromatic N) is 2. The molecule has 8 nitrogen and oxygen atoms in total. The molecule has 2 aromatic rings. The Morgan fingerprint density at radius 1 is 1.06 bits per heavy atom. The molecule has 0 fully saturated rings. The molecule has 0 spiro atoms. The highest BCUT2D eigenvalue weighted by Crippen LogP contribution is 2.19. The number of benzene rings is 2. The van der Waals surface area contributed by atoms with Gasteiger partial charge >= 0.3 is 0 Å². The van der Waals surface area contributed by atoms with Gasteiger partial charge in [-0.1, -0.05) is 30.3 Å². The van der Waals surface area contributed by atoms with E-state index in [9.17, 15) is 18.0 Å². The summed E-state index contributed by atoms with van der Waals surface area (Å²) in [5, 5.41) is 2.58. The Morgan fingerprint density at radius 2 is 1.69 bits per heavy atom. The fraction of sp³-hybridized carbons (Fsp3) is 0.391. The topological polar surface area (TPSA) is 96.0 Å². The van der Waals surface area contributed by atoms with Crippen molar-refractivity contribution in [2.45, 2.75) is 32.4 Å². The Hall–Kier alpha value is -3.07. The molecular weight excluding hydrogens is 430 g/mol. The van der Waals surface area contributed by atoms with Gasteiger partial charge in [0.15, 0.2) is 0 Å². The summed E-state index contributed by atoms with van der Waals surface area (Å²) in [5.41, 5.74) is 1.41. The zero-order valence-corrected chi connectivity index (χ0v) is 19.8. The zero-order valence-electron chi connectivity index (χ0n) is 18.9. The number of para-hydroxylation sites is 1. The first-order valence-corrected chi connectivity index (χ1v) is 12.2. The number of hydrogen-bond acceptors (Lipinski definition) is 5. The van der Waals surface area contributed by atoms with Crippen LogP contribution in [-0.2, 0) is 26.2 Å². The van der Waals surface area contributed by atoms with Crippen LogP contribution in [0.5, 0.6) is 5.75 Å². The van der Waals surface area contributed by atoms with Gasteiger partial charge < -0.3 is 15.0 Å². The molecule has 32 heavy (non-hydrogen) atoms. The molecule has 0 saturated heterocycles. The van der Waals surface area contributed by atoms with E-state index in [1.54, 1.807) is 50.4 Å². The Kier molecular flexibility index (Phi) is 9.07. The van der Waals surface area contributed by atoms with E-state index in [1.807, 2.05) is 18.2 Å². The maximum absolute atomic E-state index is 13.1. The van der Waals surface area contributed by atoms with Crippen molar-refractivity contribution in [3.8, 4) is 5.75 Å². The van der Waals surface area contributed by atoms with Gasteiger partial charge in [-0.05, 0) is 43.2 Å². The van der Waals surface area contributed by atoms with Crippen molar-refractivity contribution in [3.05, 3.63) is 60.2 Å². The highest BCUT2D eigenvalue weighted by atomic mass is 32.2. The maximum Gasteiger partial charge on any atom is 0.242 e. The standard InChI is InChI=1S/C23H31N3O5S/c1-18(23(28)24-2)25(17-19-12-14-21(31-3)15-13-19)22(27)11-8-16-26(32(4,29)30)20-9-6-5-7-10-20/h5-7,9-10,12-15,18H,8,11,16-17H2,1-4H3,(H,24,28)/t18-/m0/s1. The molecule has 0 aliphatic heterocycles. The van der Waals surface area contributed by atoms with Crippen LogP contribution in [0.2, 0.25) is 0 Å². The van der Waals surface area contributed by atoms with Crippen molar-refractivity contribution >= 4 is 27.5 Å². The van der Waals surface area contributed by atoms with Crippen molar-refractivity contribution < 1.29 is 22.7 Å². The van der Waals surface area contributed by atoms with Crippen LogP contribution in [0, 0.1) is 0 Å². The third kappa shape index (κ3) is 6.98.